The van der Waals surface area contributed by atoms with Gasteiger partial charge in [0.05, 0.1) is 26.7 Å². The molecule has 0 bridgehead atoms. The van der Waals surface area contributed by atoms with Crippen molar-refractivity contribution in [2.45, 2.75) is 12.3 Å². The molecule has 0 unspecified atom stereocenters. The minimum atomic E-state index is -0.167. The second-order valence-electron chi connectivity index (χ2n) is 3.62. The number of ether oxygens (including phenoxy) is 3. The van der Waals surface area contributed by atoms with Crippen molar-refractivity contribution in [1.82, 2.24) is 0 Å². The second-order valence-corrected chi connectivity index (χ2v) is 3.62. The van der Waals surface area contributed by atoms with Crippen LogP contribution in [0.5, 0.6) is 11.5 Å². The van der Waals surface area contributed by atoms with Crippen molar-refractivity contribution in [3.8, 4) is 11.5 Å². The van der Waals surface area contributed by atoms with E-state index < -0.39 is 0 Å². The molecule has 1 aromatic carbocycles. The highest BCUT2D eigenvalue weighted by molar-refractivity contribution is 5.80. The predicted octanol–water partition coefficient (Wildman–Crippen LogP) is 1.73. The minimum absolute atomic E-state index is 0.160. The van der Waals surface area contributed by atoms with Gasteiger partial charge in [0.15, 0.2) is 11.5 Å². The molecule has 0 aliphatic carbocycles. The summed E-state index contributed by atoms with van der Waals surface area (Å²) in [4.78, 5) is 11.4. The molecule has 1 aromatic rings. The van der Waals surface area contributed by atoms with Gasteiger partial charge in [0.25, 0.3) is 0 Å². The summed E-state index contributed by atoms with van der Waals surface area (Å²) in [7, 11) is 3.16. The van der Waals surface area contributed by atoms with E-state index in [1.54, 1.807) is 20.3 Å². The van der Waals surface area contributed by atoms with Crippen LogP contribution in [0.2, 0.25) is 0 Å². The van der Waals surface area contributed by atoms with Crippen LogP contribution in [0.15, 0.2) is 18.2 Å². The van der Waals surface area contributed by atoms with Gasteiger partial charge in [0.2, 0.25) is 0 Å². The third kappa shape index (κ3) is 1.83. The molecule has 4 nitrogen and oxygen atoms in total. The fraction of sp³-hybridized carbons (Fsp3) is 0.417. The number of carbonyl (C=O) groups excluding carboxylic acids is 1. The average molecular weight is 222 g/mol. The van der Waals surface area contributed by atoms with E-state index in [1.807, 2.05) is 12.1 Å². The number of rotatable bonds is 3. The number of esters is 1. The lowest BCUT2D eigenvalue weighted by atomic mass is 9.97. The lowest BCUT2D eigenvalue weighted by molar-refractivity contribution is -0.139. The Hall–Kier alpha value is -1.71. The summed E-state index contributed by atoms with van der Waals surface area (Å²) in [5.41, 5.74) is 0.917. The zero-order chi connectivity index (χ0) is 11.5. The van der Waals surface area contributed by atoms with E-state index in [4.69, 9.17) is 14.2 Å². The Kier molecular flexibility index (Phi) is 2.99. The molecule has 1 aliphatic heterocycles. The van der Waals surface area contributed by atoms with Gasteiger partial charge in [-0.25, -0.2) is 0 Å². The molecular weight excluding hydrogens is 208 g/mol. The van der Waals surface area contributed by atoms with Crippen LogP contribution < -0.4 is 9.47 Å². The summed E-state index contributed by atoms with van der Waals surface area (Å²) >= 11 is 0. The molecule has 1 saturated heterocycles. The number of carbonyl (C=O) groups is 1. The Morgan fingerprint density at radius 3 is 2.56 bits per heavy atom. The van der Waals surface area contributed by atoms with Gasteiger partial charge in [-0.1, -0.05) is 6.07 Å². The van der Waals surface area contributed by atoms with E-state index in [9.17, 15) is 4.79 Å². The first-order valence-corrected chi connectivity index (χ1v) is 5.15. The van der Waals surface area contributed by atoms with Crippen molar-refractivity contribution >= 4 is 5.97 Å². The molecule has 4 heteroatoms. The van der Waals surface area contributed by atoms with Crippen LogP contribution in [-0.4, -0.2) is 26.8 Å². The van der Waals surface area contributed by atoms with Crippen molar-refractivity contribution in [2.75, 3.05) is 20.8 Å². The maximum Gasteiger partial charge on any atom is 0.313 e. The van der Waals surface area contributed by atoms with Gasteiger partial charge in [-0.15, -0.1) is 0 Å². The molecule has 0 saturated carbocycles. The van der Waals surface area contributed by atoms with Crippen LogP contribution >= 0.6 is 0 Å². The molecule has 0 aromatic heterocycles. The maximum absolute atomic E-state index is 11.4. The monoisotopic (exact) mass is 222 g/mol. The Morgan fingerprint density at radius 2 is 2.00 bits per heavy atom. The van der Waals surface area contributed by atoms with E-state index in [1.165, 1.54) is 0 Å². The number of methoxy groups -OCH3 is 2. The molecule has 1 aliphatic rings. The topological polar surface area (TPSA) is 44.8 Å². The molecule has 86 valence electrons. The first-order chi connectivity index (χ1) is 7.76. The van der Waals surface area contributed by atoms with Crippen LogP contribution in [-0.2, 0) is 9.53 Å². The number of hydrogen-bond acceptors (Lipinski definition) is 4. The lowest BCUT2D eigenvalue weighted by Crippen LogP contribution is -2.06. The van der Waals surface area contributed by atoms with Gasteiger partial charge >= 0.3 is 5.97 Å². The molecule has 1 fully saturated rings. The molecular formula is C12H14O4. The lowest BCUT2D eigenvalue weighted by Gasteiger charge is -2.11. The highest BCUT2D eigenvalue weighted by Crippen LogP contribution is 2.33. The number of hydrogen-bond donors (Lipinski definition) is 0. The fourth-order valence-corrected chi connectivity index (χ4v) is 1.87. The summed E-state index contributed by atoms with van der Waals surface area (Å²) in [5.74, 6) is 0.976. The minimum Gasteiger partial charge on any atom is -0.493 e. The van der Waals surface area contributed by atoms with Gasteiger partial charge in [-0.05, 0) is 24.1 Å². The van der Waals surface area contributed by atoms with Gasteiger partial charge in [-0.2, -0.15) is 0 Å². The SMILES string of the molecule is COc1ccc([C@H]2CCOC2=O)cc1OC. The molecule has 1 heterocycles. The zero-order valence-electron chi connectivity index (χ0n) is 9.36. The van der Waals surface area contributed by atoms with Crippen molar-refractivity contribution in [3.63, 3.8) is 0 Å². The Morgan fingerprint density at radius 1 is 1.25 bits per heavy atom. The normalized spacial score (nSPS) is 19.4. The van der Waals surface area contributed by atoms with Crippen LogP contribution in [0.25, 0.3) is 0 Å². The van der Waals surface area contributed by atoms with E-state index in [2.05, 4.69) is 0 Å². The predicted molar refractivity (Wildman–Crippen MR) is 57.9 cm³/mol. The van der Waals surface area contributed by atoms with Crippen molar-refractivity contribution in [1.29, 1.82) is 0 Å². The summed E-state index contributed by atoms with van der Waals surface area (Å²) in [6.45, 7) is 0.498. The average Bonchev–Trinajstić information content (AvgIpc) is 2.74. The van der Waals surface area contributed by atoms with Crippen LogP contribution in [0.3, 0.4) is 0 Å². The molecule has 1 atom stereocenters. The maximum atomic E-state index is 11.4. The summed E-state index contributed by atoms with van der Waals surface area (Å²) in [6.07, 6.45) is 0.730. The highest BCUT2D eigenvalue weighted by Gasteiger charge is 2.28. The van der Waals surface area contributed by atoms with Gasteiger partial charge in [-0.3, -0.25) is 4.79 Å². The third-order valence-electron chi connectivity index (χ3n) is 2.75. The van der Waals surface area contributed by atoms with Gasteiger partial charge < -0.3 is 14.2 Å². The number of cyclic esters (lactones) is 1. The second kappa shape index (κ2) is 4.43. The zero-order valence-corrected chi connectivity index (χ0v) is 9.36. The van der Waals surface area contributed by atoms with Crippen molar-refractivity contribution < 1.29 is 19.0 Å². The highest BCUT2D eigenvalue weighted by atomic mass is 16.5. The van der Waals surface area contributed by atoms with Crippen LogP contribution in [0.4, 0.5) is 0 Å². The quantitative estimate of drug-likeness (QED) is 0.731. The largest absolute Gasteiger partial charge is 0.493 e. The summed E-state index contributed by atoms with van der Waals surface area (Å²) < 4.78 is 15.3. The molecule has 0 amide bonds. The fourth-order valence-electron chi connectivity index (χ4n) is 1.87. The smallest absolute Gasteiger partial charge is 0.313 e. The first kappa shape index (κ1) is 10.8. The van der Waals surface area contributed by atoms with Crippen molar-refractivity contribution in [2.24, 2.45) is 0 Å². The van der Waals surface area contributed by atoms with E-state index in [0.717, 1.165) is 12.0 Å². The Balaban J connectivity index is 2.32. The van der Waals surface area contributed by atoms with E-state index in [0.29, 0.717) is 18.1 Å². The van der Waals surface area contributed by atoms with Crippen LogP contribution in [0, 0.1) is 0 Å². The molecule has 2 rings (SSSR count). The first-order valence-electron chi connectivity index (χ1n) is 5.15. The standard InChI is InChI=1S/C12H14O4/c1-14-10-4-3-8(7-11(10)15-2)9-5-6-16-12(9)13/h3-4,7,9H,5-6H2,1-2H3/t9-/m1/s1. The van der Waals surface area contributed by atoms with Gasteiger partial charge in [0, 0.05) is 0 Å². The molecule has 0 spiro atoms. The molecule has 16 heavy (non-hydrogen) atoms. The number of benzene rings is 1. The summed E-state index contributed by atoms with van der Waals surface area (Å²) in [5, 5.41) is 0. The third-order valence-corrected chi connectivity index (χ3v) is 2.75. The summed E-state index contributed by atoms with van der Waals surface area (Å²) in [6, 6.07) is 5.51. The van der Waals surface area contributed by atoms with E-state index in [-0.39, 0.29) is 11.9 Å². The molecule has 0 N–H and O–H groups in total. The van der Waals surface area contributed by atoms with Gasteiger partial charge in [0.1, 0.15) is 0 Å². The molecule has 0 radical (unpaired) electrons. The van der Waals surface area contributed by atoms with Crippen LogP contribution in [0.1, 0.15) is 17.9 Å². The Labute approximate surface area is 94.1 Å². The van der Waals surface area contributed by atoms with Crippen molar-refractivity contribution in [3.05, 3.63) is 23.8 Å². The van der Waals surface area contributed by atoms with E-state index >= 15 is 0 Å². The Bertz CT molecular complexity index is 400.